The molecule has 1 aromatic heterocycles. The first-order valence-corrected chi connectivity index (χ1v) is 9.59. The monoisotopic (exact) mass is 407 g/mol. The molecule has 3 aromatic rings. The summed E-state index contributed by atoms with van der Waals surface area (Å²) in [7, 11) is 1.65. The second-order valence-corrected chi connectivity index (χ2v) is 8.07. The molecule has 30 heavy (non-hydrogen) atoms. The molecule has 0 atom stereocenters. The molecule has 3 rings (SSSR count). The molecule has 0 radical (unpaired) electrons. The Labute approximate surface area is 174 Å². The fraction of sp³-hybridized carbons (Fsp3) is 0.261. The minimum absolute atomic E-state index is 0.0324. The second-order valence-electron chi connectivity index (χ2n) is 8.07. The van der Waals surface area contributed by atoms with Gasteiger partial charge < -0.3 is 19.9 Å². The largest absolute Gasteiger partial charge is 0.444 e. The van der Waals surface area contributed by atoms with Crippen molar-refractivity contribution in [1.29, 1.82) is 0 Å². The van der Waals surface area contributed by atoms with Crippen LogP contribution in [0.3, 0.4) is 0 Å². The van der Waals surface area contributed by atoms with E-state index >= 15 is 0 Å². The van der Waals surface area contributed by atoms with Gasteiger partial charge in [-0.05, 0) is 50.6 Å². The third kappa shape index (κ3) is 5.05. The summed E-state index contributed by atoms with van der Waals surface area (Å²) in [5.41, 5.74) is 1.14. The van der Waals surface area contributed by atoms with E-state index in [0.717, 1.165) is 5.56 Å². The number of pyridine rings is 1. The number of H-pyrrole nitrogens is 1. The van der Waals surface area contributed by atoms with Crippen molar-refractivity contribution in [3.8, 4) is 0 Å². The van der Waals surface area contributed by atoms with Crippen LogP contribution in [-0.4, -0.2) is 34.5 Å². The number of hydrogen-bond acceptors (Lipinski definition) is 4. The first-order valence-electron chi connectivity index (χ1n) is 9.59. The van der Waals surface area contributed by atoms with E-state index in [1.807, 2.05) is 32.9 Å². The maximum atomic E-state index is 12.7. The van der Waals surface area contributed by atoms with Crippen LogP contribution in [0.4, 0.5) is 10.5 Å². The van der Waals surface area contributed by atoms with E-state index < -0.39 is 17.6 Å². The number of aromatic amines is 1. The Hall–Kier alpha value is -3.61. The van der Waals surface area contributed by atoms with Gasteiger partial charge in [-0.3, -0.25) is 9.59 Å². The Morgan fingerprint density at radius 1 is 1.10 bits per heavy atom. The van der Waals surface area contributed by atoms with E-state index in [9.17, 15) is 14.4 Å². The van der Waals surface area contributed by atoms with Crippen molar-refractivity contribution < 1.29 is 14.3 Å². The highest BCUT2D eigenvalue weighted by Gasteiger charge is 2.20. The standard InChI is InChI=1S/C23H25N3O4/c1-23(2,3)30-22(29)26(4)14-15-8-7-9-16(12-15)25-21(28)18-13-24-19-11-6-5-10-17(19)20(18)27/h5-13H,14H2,1-4H3,(H,24,27)(H,25,28). The van der Waals surface area contributed by atoms with Crippen LogP contribution < -0.4 is 10.7 Å². The molecule has 0 saturated carbocycles. The van der Waals surface area contributed by atoms with Crippen LogP contribution in [0.1, 0.15) is 36.7 Å². The Kier molecular flexibility index (Phi) is 5.91. The SMILES string of the molecule is CN(Cc1cccc(NC(=O)c2c[nH]c3ccccc3c2=O)c1)C(=O)OC(C)(C)C. The molecule has 7 heteroatoms. The van der Waals surface area contributed by atoms with Gasteiger partial charge in [0, 0.05) is 36.4 Å². The summed E-state index contributed by atoms with van der Waals surface area (Å²) in [6, 6.07) is 14.1. The number of hydrogen-bond donors (Lipinski definition) is 2. The van der Waals surface area contributed by atoms with Gasteiger partial charge in [0.15, 0.2) is 0 Å². The molecule has 0 saturated heterocycles. The van der Waals surface area contributed by atoms with Crippen LogP contribution in [0, 0.1) is 0 Å². The Morgan fingerprint density at radius 2 is 1.83 bits per heavy atom. The number of carbonyl (C=O) groups excluding carboxylic acids is 2. The van der Waals surface area contributed by atoms with Crippen molar-refractivity contribution in [2.45, 2.75) is 32.9 Å². The lowest BCUT2D eigenvalue weighted by molar-refractivity contribution is 0.0285. The maximum absolute atomic E-state index is 12.7. The summed E-state index contributed by atoms with van der Waals surface area (Å²) in [5.74, 6) is -0.500. The third-order valence-corrected chi connectivity index (χ3v) is 4.34. The number of anilines is 1. The van der Waals surface area contributed by atoms with E-state index in [4.69, 9.17) is 4.74 Å². The minimum Gasteiger partial charge on any atom is -0.444 e. The number of benzene rings is 2. The van der Waals surface area contributed by atoms with E-state index in [1.165, 1.54) is 11.1 Å². The van der Waals surface area contributed by atoms with E-state index in [1.54, 1.807) is 43.4 Å². The van der Waals surface area contributed by atoms with Gasteiger partial charge in [0.05, 0.1) is 0 Å². The quantitative estimate of drug-likeness (QED) is 0.680. The Morgan fingerprint density at radius 3 is 2.57 bits per heavy atom. The number of para-hydroxylation sites is 1. The molecule has 7 nitrogen and oxygen atoms in total. The summed E-state index contributed by atoms with van der Waals surface area (Å²) in [6.45, 7) is 5.74. The van der Waals surface area contributed by atoms with Gasteiger partial charge in [0.25, 0.3) is 5.91 Å². The fourth-order valence-corrected chi connectivity index (χ4v) is 2.96. The van der Waals surface area contributed by atoms with Gasteiger partial charge in [0.1, 0.15) is 11.2 Å². The first-order chi connectivity index (χ1) is 14.1. The molecule has 2 amide bonds. The van der Waals surface area contributed by atoms with Crippen LogP contribution in [-0.2, 0) is 11.3 Å². The topological polar surface area (TPSA) is 91.5 Å². The highest BCUT2D eigenvalue weighted by molar-refractivity contribution is 6.05. The van der Waals surface area contributed by atoms with Crippen LogP contribution >= 0.6 is 0 Å². The number of nitrogens with one attached hydrogen (secondary N) is 2. The molecular weight excluding hydrogens is 382 g/mol. The average Bonchev–Trinajstić information content (AvgIpc) is 2.67. The first kappa shape index (κ1) is 21.1. The summed E-state index contributed by atoms with van der Waals surface area (Å²) < 4.78 is 5.35. The zero-order valence-corrected chi connectivity index (χ0v) is 17.5. The third-order valence-electron chi connectivity index (χ3n) is 4.34. The maximum Gasteiger partial charge on any atom is 0.410 e. The number of ether oxygens (including phenoxy) is 1. The summed E-state index contributed by atoms with van der Waals surface area (Å²) >= 11 is 0. The number of amides is 2. The van der Waals surface area contributed by atoms with Crippen molar-refractivity contribution in [3.05, 3.63) is 76.1 Å². The number of carbonyl (C=O) groups is 2. The zero-order valence-electron chi connectivity index (χ0n) is 17.5. The molecule has 0 fully saturated rings. The minimum atomic E-state index is -0.575. The molecule has 0 aliphatic rings. The van der Waals surface area contributed by atoms with Crippen molar-refractivity contribution in [3.63, 3.8) is 0 Å². The van der Waals surface area contributed by atoms with E-state index in [-0.39, 0.29) is 11.0 Å². The Bertz CT molecular complexity index is 1140. The molecule has 0 aliphatic carbocycles. The van der Waals surface area contributed by atoms with Crippen LogP contribution in [0.15, 0.2) is 59.5 Å². The summed E-state index contributed by atoms with van der Waals surface area (Å²) in [5, 5.41) is 3.21. The van der Waals surface area contributed by atoms with Crippen molar-refractivity contribution in [2.75, 3.05) is 12.4 Å². The van der Waals surface area contributed by atoms with Gasteiger partial charge in [-0.1, -0.05) is 24.3 Å². The molecule has 0 bridgehead atoms. The number of nitrogens with zero attached hydrogens (tertiary/aromatic N) is 1. The van der Waals surface area contributed by atoms with Crippen LogP contribution in [0.5, 0.6) is 0 Å². The fourth-order valence-electron chi connectivity index (χ4n) is 2.96. The van der Waals surface area contributed by atoms with Crippen molar-refractivity contribution in [1.82, 2.24) is 9.88 Å². The lowest BCUT2D eigenvalue weighted by Gasteiger charge is -2.24. The van der Waals surface area contributed by atoms with Gasteiger partial charge in [-0.25, -0.2) is 4.79 Å². The molecule has 156 valence electrons. The second kappa shape index (κ2) is 8.41. The van der Waals surface area contributed by atoms with E-state index in [2.05, 4.69) is 10.3 Å². The van der Waals surface area contributed by atoms with Gasteiger partial charge in [-0.15, -0.1) is 0 Å². The van der Waals surface area contributed by atoms with Crippen molar-refractivity contribution in [2.24, 2.45) is 0 Å². The lowest BCUT2D eigenvalue weighted by Crippen LogP contribution is -2.33. The predicted octanol–water partition coefficient (Wildman–Crippen LogP) is 4.15. The highest BCUT2D eigenvalue weighted by atomic mass is 16.6. The molecule has 2 aromatic carbocycles. The van der Waals surface area contributed by atoms with Gasteiger partial charge >= 0.3 is 6.09 Å². The van der Waals surface area contributed by atoms with Crippen molar-refractivity contribution >= 4 is 28.6 Å². The number of fused-ring (bicyclic) bond motifs is 1. The molecule has 2 N–H and O–H groups in total. The predicted molar refractivity (Wildman–Crippen MR) is 117 cm³/mol. The number of aromatic nitrogens is 1. The Balaban J connectivity index is 1.74. The molecular formula is C23H25N3O4. The van der Waals surface area contributed by atoms with Gasteiger partial charge in [0.2, 0.25) is 5.43 Å². The molecule has 0 aliphatic heterocycles. The normalized spacial score (nSPS) is 11.2. The smallest absolute Gasteiger partial charge is 0.410 e. The highest BCUT2D eigenvalue weighted by Crippen LogP contribution is 2.16. The van der Waals surface area contributed by atoms with E-state index in [0.29, 0.717) is 23.1 Å². The summed E-state index contributed by atoms with van der Waals surface area (Å²) in [6.07, 6.45) is 0.986. The molecule has 0 spiro atoms. The average molecular weight is 407 g/mol. The number of rotatable bonds is 4. The van der Waals surface area contributed by atoms with Gasteiger partial charge in [-0.2, -0.15) is 0 Å². The summed E-state index contributed by atoms with van der Waals surface area (Å²) in [4.78, 5) is 41.9. The van der Waals surface area contributed by atoms with Crippen LogP contribution in [0.25, 0.3) is 10.9 Å². The lowest BCUT2D eigenvalue weighted by atomic mass is 10.1. The molecule has 1 heterocycles. The molecule has 0 unspecified atom stereocenters. The zero-order chi connectivity index (χ0) is 21.9. The van der Waals surface area contributed by atoms with Crippen LogP contribution in [0.2, 0.25) is 0 Å².